The lowest BCUT2D eigenvalue weighted by Gasteiger charge is -2.05. The molecule has 84 valence electrons. The Kier molecular flexibility index (Phi) is 2.81. The molecule has 0 radical (unpaired) electrons. The maximum absolute atomic E-state index is 5.53. The van der Waals surface area contributed by atoms with Crippen molar-refractivity contribution in [3.63, 3.8) is 0 Å². The van der Waals surface area contributed by atoms with E-state index >= 15 is 0 Å². The van der Waals surface area contributed by atoms with Crippen LogP contribution in [0.2, 0.25) is 0 Å². The predicted octanol–water partition coefficient (Wildman–Crippen LogP) is -0.586. The molecule has 0 aliphatic carbocycles. The number of nitrogens with two attached hydrogens (primary N) is 2. The zero-order valence-electron chi connectivity index (χ0n) is 8.51. The first-order valence-electron chi connectivity index (χ1n) is 4.72. The summed E-state index contributed by atoms with van der Waals surface area (Å²) >= 11 is 0. The molecule has 2 heterocycles. The van der Waals surface area contributed by atoms with Gasteiger partial charge in [0, 0.05) is 19.0 Å². The molecule has 16 heavy (non-hydrogen) atoms. The summed E-state index contributed by atoms with van der Waals surface area (Å²) in [5.74, 6) is 1.91. The molecule has 0 saturated carbocycles. The van der Waals surface area contributed by atoms with Gasteiger partial charge >= 0.3 is 0 Å². The molecule has 0 spiro atoms. The Morgan fingerprint density at radius 2 is 2.19 bits per heavy atom. The minimum atomic E-state index is 0.155. The van der Waals surface area contributed by atoms with E-state index in [-0.39, 0.29) is 5.95 Å². The summed E-state index contributed by atoms with van der Waals surface area (Å²) in [6, 6.07) is 1.62. The first kappa shape index (κ1) is 10.1. The summed E-state index contributed by atoms with van der Waals surface area (Å²) in [5.41, 5.74) is 11.0. The van der Waals surface area contributed by atoms with Gasteiger partial charge in [0.25, 0.3) is 0 Å². The maximum Gasteiger partial charge on any atom is 0.223 e. The number of hydrogen-bond acceptors (Lipinski definition) is 7. The normalized spacial score (nSPS) is 10.2. The number of aromatic nitrogens is 5. The molecule has 0 fully saturated rings. The van der Waals surface area contributed by atoms with E-state index in [1.165, 1.54) is 6.33 Å². The standard InChI is InChI=1S/C8H12N8/c9-5-3-7(15-8(10)14-5)11-2-1-6-12-4-13-16-6/h3-4H,1-2H2,(H,12,13,16)(H5,9,10,11,14,15). The van der Waals surface area contributed by atoms with Crippen LogP contribution in [0, 0.1) is 0 Å². The first-order chi connectivity index (χ1) is 7.74. The molecule has 2 aromatic rings. The van der Waals surface area contributed by atoms with Crippen LogP contribution in [0.4, 0.5) is 17.6 Å². The third-order valence-corrected chi connectivity index (χ3v) is 1.90. The zero-order valence-corrected chi connectivity index (χ0v) is 8.51. The van der Waals surface area contributed by atoms with Crippen LogP contribution in [0.5, 0.6) is 0 Å². The molecule has 0 amide bonds. The van der Waals surface area contributed by atoms with Crippen LogP contribution in [-0.2, 0) is 6.42 Å². The van der Waals surface area contributed by atoms with Crippen molar-refractivity contribution in [1.82, 2.24) is 25.1 Å². The monoisotopic (exact) mass is 220 g/mol. The van der Waals surface area contributed by atoms with E-state index in [1.54, 1.807) is 6.07 Å². The van der Waals surface area contributed by atoms with E-state index in [2.05, 4.69) is 30.5 Å². The van der Waals surface area contributed by atoms with Gasteiger partial charge in [0.05, 0.1) is 0 Å². The van der Waals surface area contributed by atoms with Gasteiger partial charge in [0.1, 0.15) is 23.8 Å². The second-order valence-electron chi connectivity index (χ2n) is 3.15. The molecule has 0 unspecified atom stereocenters. The molecule has 0 aliphatic heterocycles. The first-order valence-corrected chi connectivity index (χ1v) is 4.72. The van der Waals surface area contributed by atoms with Crippen molar-refractivity contribution >= 4 is 17.6 Å². The Bertz CT molecular complexity index is 431. The van der Waals surface area contributed by atoms with E-state index < -0.39 is 0 Å². The highest BCUT2D eigenvalue weighted by Crippen LogP contribution is 2.08. The number of nitrogens with zero attached hydrogens (tertiary/aromatic N) is 4. The van der Waals surface area contributed by atoms with E-state index in [0.717, 1.165) is 5.82 Å². The van der Waals surface area contributed by atoms with Crippen LogP contribution in [0.25, 0.3) is 0 Å². The summed E-state index contributed by atoms with van der Waals surface area (Å²) in [4.78, 5) is 11.7. The lowest BCUT2D eigenvalue weighted by atomic mass is 10.4. The smallest absolute Gasteiger partial charge is 0.223 e. The van der Waals surface area contributed by atoms with Crippen LogP contribution in [0.15, 0.2) is 12.4 Å². The van der Waals surface area contributed by atoms with Gasteiger partial charge < -0.3 is 16.8 Å². The van der Waals surface area contributed by atoms with Crippen LogP contribution in [-0.4, -0.2) is 31.7 Å². The van der Waals surface area contributed by atoms with E-state index in [0.29, 0.717) is 24.6 Å². The number of rotatable bonds is 4. The van der Waals surface area contributed by atoms with Crippen LogP contribution >= 0.6 is 0 Å². The summed E-state index contributed by atoms with van der Waals surface area (Å²) in [6.45, 7) is 0.658. The number of hydrogen-bond donors (Lipinski definition) is 4. The lowest BCUT2D eigenvalue weighted by molar-refractivity contribution is 0.896. The fourth-order valence-corrected chi connectivity index (χ4v) is 1.24. The Morgan fingerprint density at radius 1 is 1.31 bits per heavy atom. The Hall–Kier alpha value is -2.38. The second kappa shape index (κ2) is 4.43. The minimum absolute atomic E-state index is 0.155. The summed E-state index contributed by atoms with van der Waals surface area (Å²) in [7, 11) is 0. The van der Waals surface area contributed by atoms with Gasteiger partial charge in [-0.2, -0.15) is 15.1 Å². The van der Waals surface area contributed by atoms with Gasteiger partial charge in [0.2, 0.25) is 5.95 Å². The summed E-state index contributed by atoms with van der Waals surface area (Å²) < 4.78 is 0. The van der Waals surface area contributed by atoms with Crippen molar-refractivity contribution < 1.29 is 0 Å². The number of aromatic amines is 1. The molecule has 0 saturated heterocycles. The molecule has 6 N–H and O–H groups in total. The Balaban J connectivity index is 1.89. The molecule has 0 bridgehead atoms. The van der Waals surface area contributed by atoms with Crippen molar-refractivity contribution in [2.24, 2.45) is 0 Å². The largest absolute Gasteiger partial charge is 0.383 e. The quantitative estimate of drug-likeness (QED) is 0.541. The van der Waals surface area contributed by atoms with Crippen LogP contribution in [0.1, 0.15) is 5.82 Å². The van der Waals surface area contributed by atoms with Crippen molar-refractivity contribution in [3.05, 3.63) is 18.2 Å². The number of nitrogens with one attached hydrogen (secondary N) is 2. The SMILES string of the molecule is Nc1cc(NCCc2ncn[nH]2)nc(N)n1. The highest BCUT2D eigenvalue weighted by Gasteiger charge is 2.00. The van der Waals surface area contributed by atoms with Crippen LogP contribution in [0.3, 0.4) is 0 Å². The zero-order chi connectivity index (χ0) is 11.4. The molecule has 0 aliphatic rings. The van der Waals surface area contributed by atoms with E-state index in [1.807, 2.05) is 0 Å². The molecule has 8 heteroatoms. The molecule has 2 rings (SSSR count). The van der Waals surface area contributed by atoms with Crippen molar-refractivity contribution in [2.75, 3.05) is 23.3 Å². The van der Waals surface area contributed by atoms with E-state index in [9.17, 15) is 0 Å². The van der Waals surface area contributed by atoms with Crippen LogP contribution < -0.4 is 16.8 Å². The number of nitrogen functional groups attached to an aromatic ring is 2. The molecule has 2 aromatic heterocycles. The third-order valence-electron chi connectivity index (χ3n) is 1.90. The van der Waals surface area contributed by atoms with Crippen molar-refractivity contribution in [3.8, 4) is 0 Å². The molecular formula is C8H12N8. The van der Waals surface area contributed by atoms with Gasteiger partial charge in [0.15, 0.2) is 0 Å². The van der Waals surface area contributed by atoms with Crippen molar-refractivity contribution in [2.45, 2.75) is 6.42 Å². The average Bonchev–Trinajstić information content (AvgIpc) is 2.69. The highest BCUT2D eigenvalue weighted by atomic mass is 15.2. The fourth-order valence-electron chi connectivity index (χ4n) is 1.24. The summed E-state index contributed by atoms with van der Waals surface area (Å²) in [6.07, 6.45) is 2.18. The Labute approximate surface area is 91.5 Å². The third kappa shape index (κ3) is 2.56. The van der Waals surface area contributed by atoms with Gasteiger partial charge in [-0.05, 0) is 0 Å². The van der Waals surface area contributed by atoms with Gasteiger partial charge in [-0.1, -0.05) is 0 Å². The topological polar surface area (TPSA) is 131 Å². The van der Waals surface area contributed by atoms with E-state index in [4.69, 9.17) is 11.5 Å². The van der Waals surface area contributed by atoms with Gasteiger partial charge in [-0.3, -0.25) is 5.10 Å². The van der Waals surface area contributed by atoms with Crippen molar-refractivity contribution in [1.29, 1.82) is 0 Å². The number of H-pyrrole nitrogens is 1. The van der Waals surface area contributed by atoms with Gasteiger partial charge in [-0.15, -0.1) is 0 Å². The fraction of sp³-hybridized carbons (Fsp3) is 0.250. The number of anilines is 3. The lowest BCUT2D eigenvalue weighted by Crippen LogP contribution is -2.09. The molecule has 0 aromatic carbocycles. The summed E-state index contributed by atoms with van der Waals surface area (Å²) in [5, 5.41) is 9.58. The highest BCUT2D eigenvalue weighted by molar-refractivity contribution is 5.48. The maximum atomic E-state index is 5.53. The second-order valence-corrected chi connectivity index (χ2v) is 3.15. The van der Waals surface area contributed by atoms with Gasteiger partial charge in [-0.25, -0.2) is 4.98 Å². The predicted molar refractivity (Wildman–Crippen MR) is 59.4 cm³/mol. The molecule has 0 atom stereocenters. The molecule has 8 nitrogen and oxygen atoms in total. The molecular weight excluding hydrogens is 208 g/mol. The average molecular weight is 220 g/mol. The minimum Gasteiger partial charge on any atom is -0.383 e. The Morgan fingerprint density at radius 3 is 2.88 bits per heavy atom.